The Morgan fingerprint density at radius 3 is 2.53 bits per heavy atom. The fourth-order valence-electron chi connectivity index (χ4n) is 1.86. The van der Waals surface area contributed by atoms with Crippen LogP contribution in [0, 0.1) is 20.8 Å². The van der Waals surface area contributed by atoms with Gasteiger partial charge in [0.1, 0.15) is 10.6 Å². The molecule has 1 heterocycles. The lowest BCUT2D eigenvalue weighted by Gasteiger charge is -2.10. The molecule has 19 heavy (non-hydrogen) atoms. The summed E-state index contributed by atoms with van der Waals surface area (Å²) < 4.78 is 26.9. The SMILES string of the molecule is Cc1ccc(O)c(NS(=O)(=O)c2c(C)n[nH]c2C)c1. The molecule has 0 radical (unpaired) electrons. The first-order chi connectivity index (χ1) is 8.81. The summed E-state index contributed by atoms with van der Waals surface area (Å²) >= 11 is 0. The van der Waals surface area contributed by atoms with Gasteiger partial charge in [-0.15, -0.1) is 0 Å². The third kappa shape index (κ3) is 2.55. The lowest BCUT2D eigenvalue weighted by Crippen LogP contribution is -2.14. The Balaban J connectivity index is 2.45. The van der Waals surface area contributed by atoms with Gasteiger partial charge in [-0.1, -0.05) is 6.07 Å². The Kier molecular flexibility index (Phi) is 3.23. The highest BCUT2D eigenvalue weighted by molar-refractivity contribution is 7.92. The van der Waals surface area contributed by atoms with Crippen LogP contribution in [0.1, 0.15) is 17.0 Å². The monoisotopic (exact) mass is 281 g/mol. The molecular formula is C12H15N3O3S. The first-order valence-electron chi connectivity index (χ1n) is 5.65. The van der Waals surface area contributed by atoms with Crippen molar-refractivity contribution < 1.29 is 13.5 Å². The Morgan fingerprint density at radius 1 is 1.26 bits per heavy atom. The second kappa shape index (κ2) is 4.58. The fourth-order valence-corrected chi connectivity index (χ4v) is 3.30. The largest absolute Gasteiger partial charge is 0.506 e. The van der Waals surface area contributed by atoms with Crippen molar-refractivity contribution in [2.24, 2.45) is 0 Å². The van der Waals surface area contributed by atoms with Crippen LogP contribution in [-0.4, -0.2) is 23.7 Å². The van der Waals surface area contributed by atoms with Crippen LogP contribution in [0.15, 0.2) is 23.1 Å². The quantitative estimate of drug-likeness (QED) is 0.748. The summed E-state index contributed by atoms with van der Waals surface area (Å²) in [5, 5.41) is 16.2. The molecular weight excluding hydrogens is 266 g/mol. The molecule has 1 aromatic carbocycles. The minimum absolute atomic E-state index is 0.105. The molecule has 2 rings (SSSR count). The number of aryl methyl sites for hydroxylation is 3. The van der Waals surface area contributed by atoms with Crippen LogP contribution in [-0.2, 0) is 10.0 Å². The first-order valence-corrected chi connectivity index (χ1v) is 7.13. The number of nitrogens with one attached hydrogen (secondary N) is 2. The number of hydrogen-bond donors (Lipinski definition) is 3. The van der Waals surface area contributed by atoms with Crippen LogP contribution >= 0.6 is 0 Å². The summed E-state index contributed by atoms with van der Waals surface area (Å²) in [6.07, 6.45) is 0. The highest BCUT2D eigenvalue weighted by Crippen LogP contribution is 2.28. The van der Waals surface area contributed by atoms with Gasteiger partial charge in [0.05, 0.1) is 17.1 Å². The number of aromatic nitrogens is 2. The van der Waals surface area contributed by atoms with Crippen molar-refractivity contribution in [1.29, 1.82) is 0 Å². The molecule has 7 heteroatoms. The molecule has 0 amide bonds. The average molecular weight is 281 g/mol. The number of hydrogen-bond acceptors (Lipinski definition) is 4. The number of phenolic OH excluding ortho intramolecular Hbond substituents is 1. The molecule has 3 N–H and O–H groups in total. The van der Waals surface area contributed by atoms with E-state index >= 15 is 0 Å². The number of anilines is 1. The van der Waals surface area contributed by atoms with Crippen LogP contribution in [0.25, 0.3) is 0 Å². The van der Waals surface area contributed by atoms with Crippen molar-refractivity contribution in [2.75, 3.05) is 4.72 Å². The van der Waals surface area contributed by atoms with E-state index in [2.05, 4.69) is 14.9 Å². The smallest absolute Gasteiger partial charge is 0.265 e. The molecule has 0 atom stereocenters. The van der Waals surface area contributed by atoms with Crippen molar-refractivity contribution in [3.63, 3.8) is 0 Å². The van der Waals surface area contributed by atoms with Gasteiger partial charge in [-0.2, -0.15) is 5.10 Å². The molecule has 0 bridgehead atoms. The molecule has 0 saturated heterocycles. The Hall–Kier alpha value is -2.02. The minimum Gasteiger partial charge on any atom is -0.506 e. The van der Waals surface area contributed by atoms with E-state index < -0.39 is 10.0 Å². The molecule has 0 unspecified atom stereocenters. The van der Waals surface area contributed by atoms with Crippen LogP contribution in [0.5, 0.6) is 5.75 Å². The number of aromatic hydroxyl groups is 1. The summed E-state index contributed by atoms with van der Waals surface area (Å²) in [5.74, 6) is -0.118. The van der Waals surface area contributed by atoms with Crippen LogP contribution in [0.2, 0.25) is 0 Å². The Labute approximate surface area is 111 Å². The molecule has 0 fully saturated rings. The molecule has 2 aromatic rings. The summed E-state index contributed by atoms with van der Waals surface area (Å²) in [5.41, 5.74) is 1.84. The fraction of sp³-hybridized carbons (Fsp3) is 0.250. The van der Waals surface area contributed by atoms with Crippen LogP contribution in [0.3, 0.4) is 0 Å². The van der Waals surface area contributed by atoms with Gasteiger partial charge in [0, 0.05) is 0 Å². The van der Waals surface area contributed by atoms with Gasteiger partial charge in [-0.05, 0) is 38.5 Å². The number of nitrogens with zero attached hydrogens (tertiary/aromatic N) is 1. The molecule has 0 saturated carbocycles. The molecule has 6 nitrogen and oxygen atoms in total. The maximum absolute atomic E-state index is 12.3. The number of phenols is 1. The maximum atomic E-state index is 12.3. The van der Waals surface area contributed by atoms with Gasteiger partial charge in [0.25, 0.3) is 10.0 Å². The second-order valence-electron chi connectivity index (χ2n) is 4.39. The van der Waals surface area contributed by atoms with Gasteiger partial charge in [-0.3, -0.25) is 9.82 Å². The molecule has 0 aliphatic rings. The number of rotatable bonds is 3. The molecule has 0 aliphatic carbocycles. The van der Waals surface area contributed by atoms with Crippen molar-refractivity contribution in [3.8, 4) is 5.75 Å². The van der Waals surface area contributed by atoms with Crippen LogP contribution < -0.4 is 4.72 Å². The molecule has 102 valence electrons. The zero-order valence-electron chi connectivity index (χ0n) is 10.9. The summed E-state index contributed by atoms with van der Waals surface area (Å²) in [4.78, 5) is 0.105. The molecule has 0 aliphatic heterocycles. The number of H-pyrrole nitrogens is 1. The normalized spacial score (nSPS) is 11.5. The van der Waals surface area contributed by atoms with E-state index in [4.69, 9.17) is 0 Å². The standard InChI is InChI=1S/C12H15N3O3S/c1-7-4-5-11(16)10(6-7)15-19(17,18)12-8(2)13-14-9(12)3/h4-6,15-16H,1-3H3,(H,13,14). The van der Waals surface area contributed by atoms with Crippen molar-refractivity contribution in [1.82, 2.24) is 10.2 Å². The predicted molar refractivity (Wildman–Crippen MR) is 71.7 cm³/mol. The van der Waals surface area contributed by atoms with E-state index in [1.54, 1.807) is 26.0 Å². The van der Waals surface area contributed by atoms with Gasteiger partial charge < -0.3 is 5.11 Å². The third-order valence-corrected chi connectivity index (χ3v) is 4.35. The predicted octanol–water partition coefficient (Wildman–Crippen LogP) is 1.84. The number of sulfonamides is 1. The second-order valence-corrected chi connectivity index (χ2v) is 6.01. The van der Waals surface area contributed by atoms with Crippen molar-refractivity contribution in [3.05, 3.63) is 35.2 Å². The topological polar surface area (TPSA) is 95.1 Å². The van der Waals surface area contributed by atoms with E-state index in [1.165, 1.54) is 6.07 Å². The first kappa shape index (κ1) is 13.4. The van der Waals surface area contributed by atoms with E-state index in [-0.39, 0.29) is 16.3 Å². The van der Waals surface area contributed by atoms with E-state index in [0.29, 0.717) is 11.4 Å². The lowest BCUT2D eigenvalue weighted by molar-refractivity contribution is 0.477. The zero-order chi connectivity index (χ0) is 14.2. The lowest BCUT2D eigenvalue weighted by atomic mass is 10.2. The van der Waals surface area contributed by atoms with Crippen LogP contribution in [0.4, 0.5) is 5.69 Å². The highest BCUT2D eigenvalue weighted by Gasteiger charge is 2.23. The van der Waals surface area contributed by atoms with E-state index in [0.717, 1.165) is 5.56 Å². The number of aromatic amines is 1. The Bertz CT molecular complexity index is 700. The average Bonchev–Trinajstić information content (AvgIpc) is 2.64. The highest BCUT2D eigenvalue weighted by atomic mass is 32.2. The van der Waals surface area contributed by atoms with Gasteiger partial charge >= 0.3 is 0 Å². The summed E-state index contributed by atoms with van der Waals surface area (Å²) in [6.45, 7) is 5.05. The van der Waals surface area contributed by atoms with E-state index in [1.807, 2.05) is 6.92 Å². The van der Waals surface area contributed by atoms with Crippen molar-refractivity contribution in [2.45, 2.75) is 25.7 Å². The van der Waals surface area contributed by atoms with Gasteiger partial charge in [0.15, 0.2) is 0 Å². The summed E-state index contributed by atoms with van der Waals surface area (Å²) in [7, 11) is -3.77. The minimum atomic E-state index is -3.77. The van der Waals surface area contributed by atoms with Gasteiger partial charge in [0.2, 0.25) is 0 Å². The molecule has 0 spiro atoms. The van der Waals surface area contributed by atoms with E-state index in [9.17, 15) is 13.5 Å². The zero-order valence-corrected chi connectivity index (χ0v) is 11.7. The molecule has 1 aromatic heterocycles. The summed E-state index contributed by atoms with van der Waals surface area (Å²) in [6, 6.07) is 4.71. The van der Waals surface area contributed by atoms with Crippen molar-refractivity contribution >= 4 is 15.7 Å². The van der Waals surface area contributed by atoms with Gasteiger partial charge in [-0.25, -0.2) is 8.42 Å². The Morgan fingerprint density at radius 2 is 1.95 bits per heavy atom. The third-order valence-electron chi connectivity index (χ3n) is 2.73. The number of benzene rings is 1. The maximum Gasteiger partial charge on any atom is 0.265 e.